The van der Waals surface area contributed by atoms with Crippen LogP contribution in [-0.2, 0) is 11.3 Å². The third-order valence-corrected chi connectivity index (χ3v) is 4.71. The van der Waals surface area contributed by atoms with E-state index >= 15 is 0 Å². The van der Waals surface area contributed by atoms with E-state index < -0.39 is 0 Å². The Balaban J connectivity index is 0.00000364. The number of nitrogens with zero attached hydrogens (tertiary/aromatic N) is 2. The van der Waals surface area contributed by atoms with Gasteiger partial charge in [0.25, 0.3) is 0 Å². The molecular formula is C19H33IN4O3. The van der Waals surface area contributed by atoms with Gasteiger partial charge in [0.15, 0.2) is 5.96 Å². The molecule has 1 aliphatic heterocycles. The van der Waals surface area contributed by atoms with Crippen LogP contribution in [0.15, 0.2) is 23.2 Å². The van der Waals surface area contributed by atoms with Gasteiger partial charge < -0.3 is 24.8 Å². The number of rotatable bonds is 7. The highest BCUT2D eigenvalue weighted by Gasteiger charge is 2.23. The van der Waals surface area contributed by atoms with E-state index in [2.05, 4.69) is 34.4 Å². The summed E-state index contributed by atoms with van der Waals surface area (Å²) in [5.41, 5.74) is 1.05. The van der Waals surface area contributed by atoms with E-state index in [1.54, 1.807) is 21.3 Å². The summed E-state index contributed by atoms with van der Waals surface area (Å²) in [6, 6.07) is 6.66. The van der Waals surface area contributed by atoms with Crippen LogP contribution in [0.4, 0.5) is 0 Å². The minimum absolute atomic E-state index is 0. The number of morpholine rings is 1. The Kier molecular flexibility index (Phi) is 10.8. The maximum absolute atomic E-state index is 5.52. The molecule has 0 bridgehead atoms. The monoisotopic (exact) mass is 492 g/mol. The molecule has 8 heteroatoms. The second-order valence-electron chi connectivity index (χ2n) is 6.50. The molecule has 7 nitrogen and oxygen atoms in total. The quantitative estimate of drug-likeness (QED) is 0.346. The van der Waals surface area contributed by atoms with Gasteiger partial charge in [0.1, 0.15) is 11.5 Å². The van der Waals surface area contributed by atoms with Crippen molar-refractivity contribution in [2.75, 3.05) is 47.6 Å². The van der Waals surface area contributed by atoms with Gasteiger partial charge in [-0.15, -0.1) is 24.0 Å². The SMILES string of the molecule is CN=C(NCc1ccc(OC)cc1OC)NCC(C)N1CCOCC1C.I. The lowest BCUT2D eigenvalue weighted by molar-refractivity contribution is -0.0174. The van der Waals surface area contributed by atoms with Crippen molar-refractivity contribution in [1.82, 2.24) is 15.5 Å². The van der Waals surface area contributed by atoms with Crippen molar-refractivity contribution in [2.45, 2.75) is 32.5 Å². The molecule has 0 spiro atoms. The molecule has 0 aromatic heterocycles. The van der Waals surface area contributed by atoms with E-state index in [1.807, 2.05) is 18.2 Å². The number of halogens is 1. The molecule has 0 radical (unpaired) electrons. The molecular weight excluding hydrogens is 459 g/mol. The Bertz CT molecular complexity index is 600. The minimum Gasteiger partial charge on any atom is -0.497 e. The smallest absolute Gasteiger partial charge is 0.191 e. The van der Waals surface area contributed by atoms with Gasteiger partial charge in [0.2, 0.25) is 0 Å². The third-order valence-electron chi connectivity index (χ3n) is 4.71. The molecule has 0 aliphatic carbocycles. The van der Waals surface area contributed by atoms with Gasteiger partial charge in [-0.05, 0) is 26.0 Å². The molecule has 1 aliphatic rings. The number of guanidine groups is 1. The summed E-state index contributed by atoms with van der Waals surface area (Å²) >= 11 is 0. The molecule has 1 saturated heterocycles. The van der Waals surface area contributed by atoms with Crippen LogP contribution in [0.25, 0.3) is 0 Å². The first kappa shape index (κ1) is 23.8. The Morgan fingerprint density at radius 2 is 2.11 bits per heavy atom. The number of nitrogens with one attached hydrogen (secondary N) is 2. The number of methoxy groups -OCH3 is 2. The van der Waals surface area contributed by atoms with Gasteiger partial charge in [-0.1, -0.05) is 0 Å². The Labute approximate surface area is 179 Å². The van der Waals surface area contributed by atoms with Crippen molar-refractivity contribution >= 4 is 29.9 Å². The zero-order valence-electron chi connectivity index (χ0n) is 16.9. The van der Waals surface area contributed by atoms with Crippen molar-refractivity contribution in [1.29, 1.82) is 0 Å². The summed E-state index contributed by atoms with van der Waals surface area (Å²) in [6.45, 7) is 8.46. The summed E-state index contributed by atoms with van der Waals surface area (Å²) in [6.07, 6.45) is 0. The minimum atomic E-state index is 0. The van der Waals surface area contributed by atoms with E-state index in [9.17, 15) is 0 Å². The number of aliphatic imine (C=N–C) groups is 1. The van der Waals surface area contributed by atoms with Crippen LogP contribution in [0.1, 0.15) is 19.4 Å². The summed E-state index contributed by atoms with van der Waals surface area (Å²) in [5, 5.41) is 6.75. The maximum Gasteiger partial charge on any atom is 0.191 e. The summed E-state index contributed by atoms with van der Waals surface area (Å²) in [5.74, 6) is 2.35. The van der Waals surface area contributed by atoms with Crippen molar-refractivity contribution < 1.29 is 14.2 Å². The summed E-state index contributed by atoms with van der Waals surface area (Å²) in [7, 11) is 5.09. The fourth-order valence-corrected chi connectivity index (χ4v) is 3.15. The second-order valence-corrected chi connectivity index (χ2v) is 6.50. The predicted molar refractivity (Wildman–Crippen MR) is 120 cm³/mol. The van der Waals surface area contributed by atoms with E-state index in [0.29, 0.717) is 18.6 Å². The van der Waals surface area contributed by atoms with Gasteiger partial charge in [0.05, 0.1) is 27.4 Å². The largest absolute Gasteiger partial charge is 0.497 e. The Hall–Kier alpha value is -1.26. The molecule has 2 unspecified atom stereocenters. The van der Waals surface area contributed by atoms with E-state index in [4.69, 9.17) is 14.2 Å². The summed E-state index contributed by atoms with van der Waals surface area (Å²) in [4.78, 5) is 6.78. The molecule has 2 N–H and O–H groups in total. The van der Waals surface area contributed by atoms with E-state index in [0.717, 1.165) is 49.3 Å². The molecule has 1 heterocycles. The lowest BCUT2D eigenvalue weighted by atomic mass is 10.2. The summed E-state index contributed by atoms with van der Waals surface area (Å²) < 4.78 is 16.2. The van der Waals surface area contributed by atoms with Crippen LogP contribution in [0.2, 0.25) is 0 Å². The highest BCUT2D eigenvalue weighted by Crippen LogP contribution is 2.24. The predicted octanol–water partition coefficient (Wildman–Crippen LogP) is 2.10. The van der Waals surface area contributed by atoms with Crippen molar-refractivity contribution in [2.24, 2.45) is 4.99 Å². The van der Waals surface area contributed by atoms with E-state index in [-0.39, 0.29) is 24.0 Å². The standard InChI is InChI=1S/C19H32N4O3.HI/c1-14(23-8-9-26-13-15(23)2)11-21-19(20-3)22-12-16-6-7-17(24-4)10-18(16)25-5;/h6-7,10,14-15H,8-9,11-13H2,1-5H3,(H2,20,21,22);1H. The topological polar surface area (TPSA) is 67.4 Å². The molecule has 2 atom stereocenters. The van der Waals surface area contributed by atoms with Crippen molar-refractivity contribution in [3.05, 3.63) is 23.8 Å². The van der Waals surface area contributed by atoms with Crippen LogP contribution in [0, 0.1) is 0 Å². The molecule has 27 heavy (non-hydrogen) atoms. The van der Waals surface area contributed by atoms with Gasteiger partial charge >= 0.3 is 0 Å². The lowest BCUT2D eigenvalue weighted by Gasteiger charge is -2.38. The van der Waals surface area contributed by atoms with Gasteiger partial charge in [0, 0.05) is 50.4 Å². The maximum atomic E-state index is 5.52. The average Bonchev–Trinajstić information content (AvgIpc) is 2.68. The molecule has 154 valence electrons. The highest BCUT2D eigenvalue weighted by molar-refractivity contribution is 14.0. The third kappa shape index (κ3) is 7.00. The fourth-order valence-electron chi connectivity index (χ4n) is 3.15. The zero-order chi connectivity index (χ0) is 18.9. The van der Waals surface area contributed by atoms with Crippen molar-refractivity contribution in [3.8, 4) is 11.5 Å². The second kappa shape index (κ2) is 12.2. The Morgan fingerprint density at radius 1 is 1.33 bits per heavy atom. The number of benzene rings is 1. The molecule has 1 aromatic carbocycles. The van der Waals surface area contributed by atoms with Gasteiger partial charge in [-0.2, -0.15) is 0 Å². The van der Waals surface area contributed by atoms with Crippen LogP contribution >= 0.6 is 24.0 Å². The van der Waals surface area contributed by atoms with Crippen molar-refractivity contribution in [3.63, 3.8) is 0 Å². The van der Waals surface area contributed by atoms with Crippen LogP contribution in [-0.4, -0.2) is 70.5 Å². The number of ether oxygens (including phenoxy) is 3. The first-order chi connectivity index (χ1) is 12.6. The highest BCUT2D eigenvalue weighted by atomic mass is 127. The molecule has 1 fully saturated rings. The molecule has 1 aromatic rings. The lowest BCUT2D eigenvalue weighted by Crippen LogP contribution is -2.52. The molecule has 0 saturated carbocycles. The van der Waals surface area contributed by atoms with Crippen LogP contribution < -0.4 is 20.1 Å². The first-order valence-corrected chi connectivity index (χ1v) is 9.08. The average molecular weight is 492 g/mol. The fraction of sp³-hybridized carbons (Fsp3) is 0.632. The molecule has 2 rings (SSSR count). The van der Waals surface area contributed by atoms with E-state index in [1.165, 1.54) is 0 Å². The molecule has 0 amide bonds. The van der Waals surface area contributed by atoms with Gasteiger partial charge in [-0.3, -0.25) is 9.89 Å². The Morgan fingerprint density at radius 3 is 2.74 bits per heavy atom. The first-order valence-electron chi connectivity index (χ1n) is 9.08. The van der Waals surface area contributed by atoms with Gasteiger partial charge in [-0.25, -0.2) is 0 Å². The van der Waals surface area contributed by atoms with Crippen LogP contribution in [0.5, 0.6) is 11.5 Å². The number of hydrogen-bond acceptors (Lipinski definition) is 5. The number of hydrogen-bond donors (Lipinski definition) is 2. The zero-order valence-corrected chi connectivity index (χ0v) is 19.3. The normalized spacial score (nSPS) is 19.0. The van der Waals surface area contributed by atoms with Crippen LogP contribution in [0.3, 0.4) is 0 Å².